The van der Waals surface area contributed by atoms with Crippen LogP contribution >= 0.6 is 0 Å². The van der Waals surface area contributed by atoms with Crippen molar-refractivity contribution in [1.29, 1.82) is 0 Å². The third kappa shape index (κ3) is 11.5. The maximum Gasteiger partial charge on any atom is 0.330 e. The smallest absolute Gasteiger partial charge is 0.330 e. The number of hydrogen-bond donors (Lipinski definition) is 1. The first-order chi connectivity index (χ1) is 17.0. The number of aromatic amines is 1. The number of ether oxygens (including phenoxy) is 2. The molecule has 0 aromatic carbocycles. The van der Waals surface area contributed by atoms with E-state index < -0.39 is 23.6 Å². The Balaban J connectivity index is 1.47. The van der Waals surface area contributed by atoms with Crippen molar-refractivity contribution in [3.63, 3.8) is 0 Å². The molecule has 35 heavy (non-hydrogen) atoms. The number of unbranched alkanes of at least 4 members (excludes halogenated alkanes) is 8. The summed E-state index contributed by atoms with van der Waals surface area (Å²) >= 11 is 0. The fraction of sp³-hybridized carbons (Fsp3) is 0.607. The largest absolute Gasteiger partial charge is 0.463 e. The number of H-pyrrole nitrogens is 1. The number of carbonyl (C=O) groups is 1. The van der Waals surface area contributed by atoms with E-state index in [1.54, 1.807) is 19.1 Å². The van der Waals surface area contributed by atoms with Gasteiger partial charge in [-0.15, -0.1) is 0 Å². The minimum Gasteiger partial charge on any atom is -0.463 e. The monoisotopic (exact) mass is 486 g/mol. The Labute approximate surface area is 208 Å². The molecule has 7 nitrogen and oxygen atoms in total. The third-order valence-corrected chi connectivity index (χ3v) is 5.96. The van der Waals surface area contributed by atoms with Crippen LogP contribution in [0.2, 0.25) is 0 Å². The van der Waals surface area contributed by atoms with Gasteiger partial charge in [0.25, 0.3) is 5.56 Å². The lowest BCUT2D eigenvalue weighted by molar-refractivity contribution is -0.147. The van der Waals surface area contributed by atoms with Gasteiger partial charge in [0, 0.05) is 18.2 Å². The van der Waals surface area contributed by atoms with Crippen LogP contribution in [0, 0.1) is 6.92 Å². The van der Waals surface area contributed by atoms with Gasteiger partial charge in [0.05, 0.1) is 0 Å². The molecule has 0 unspecified atom stereocenters. The Bertz CT molecular complexity index is 957. The zero-order chi connectivity index (χ0) is 25.3. The van der Waals surface area contributed by atoms with Crippen LogP contribution in [0.1, 0.15) is 95.8 Å². The highest BCUT2D eigenvalue weighted by molar-refractivity contribution is 5.69. The van der Waals surface area contributed by atoms with Crippen LogP contribution in [0.3, 0.4) is 0 Å². The normalized spacial score (nSPS) is 17.7. The minimum atomic E-state index is -0.622. The topological polar surface area (TPSA) is 90.4 Å². The van der Waals surface area contributed by atoms with Gasteiger partial charge in [-0.1, -0.05) is 69.4 Å². The minimum absolute atomic E-state index is 0.114. The molecule has 0 bridgehead atoms. The molecular formula is C28H42N2O5. The lowest BCUT2D eigenvalue weighted by atomic mass is 10.1. The number of nitrogens with one attached hydrogen (secondary N) is 1. The van der Waals surface area contributed by atoms with Gasteiger partial charge >= 0.3 is 11.7 Å². The molecule has 1 aromatic heterocycles. The summed E-state index contributed by atoms with van der Waals surface area (Å²) in [4.78, 5) is 37.8. The van der Waals surface area contributed by atoms with Gasteiger partial charge in [-0.05, 0) is 51.5 Å². The highest BCUT2D eigenvalue weighted by Crippen LogP contribution is 2.20. The average Bonchev–Trinajstić information content (AvgIpc) is 3.31. The van der Waals surface area contributed by atoms with E-state index >= 15 is 0 Å². The molecule has 0 aliphatic carbocycles. The molecule has 0 saturated heterocycles. The molecule has 1 aromatic rings. The van der Waals surface area contributed by atoms with Crippen LogP contribution in [0.5, 0.6) is 0 Å². The molecule has 2 rings (SSSR count). The number of rotatable bonds is 17. The Morgan fingerprint density at radius 1 is 1.00 bits per heavy atom. The molecule has 0 amide bonds. The summed E-state index contributed by atoms with van der Waals surface area (Å²) in [5.41, 5.74) is -0.518. The summed E-state index contributed by atoms with van der Waals surface area (Å²) in [5, 5.41) is 0. The third-order valence-electron chi connectivity index (χ3n) is 5.96. The predicted molar refractivity (Wildman–Crippen MR) is 139 cm³/mol. The van der Waals surface area contributed by atoms with Crippen molar-refractivity contribution in [3.05, 3.63) is 69.1 Å². The SMILES string of the molecule is CCCCC/C=C\C/C=C\CCCCCCCC(=O)OC[C@@H]1C=C[C@H](n2cc(C)c(=O)[nH]c2=O)O1. The van der Waals surface area contributed by atoms with Crippen LogP contribution in [0.25, 0.3) is 0 Å². The zero-order valence-corrected chi connectivity index (χ0v) is 21.4. The fourth-order valence-electron chi connectivity index (χ4n) is 3.85. The second-order valence-corrected chi connectivity index (χ2v) is 9.09. The first kappa shape index (κ1) is 28.6. The number of allylic oxidation sites excluding steroid dienone is 4. The predicted octanol–water partition coefficient (Wildman–Crippen LogP) is 5.66. The van der Waals surface area contributed by atoms with E-state index in [-0.39, 0.29) is 12.6 Å². The van der Waals surface area contributed by atoms with E-state index in [1.807, 2.05) is 0 Å². The first-order valence-corrected chi connectivity index (χ1v) is 13.1. The van der Waals surface area contributed by atoms with Crippen molar-refractivity contribution < 1.29 is 14.3 Å². The number of hydrogen-bond acceptors (Lipinski definition) is 5. The lowest BCUT2D eigenvalue weighted by Gasteiger charge is -2.16. The highest BCUT2D eigenvalue weighted by atomic mass is 16.6. The summed E-state index contributed by atoms with van der Waals surface area (Å²) in [6.07, 6.45) is 26.0. The van der Waals surface area contributed by atoms with Crippen molar-refractivity contribution in [1.82, 2.24) is 9.55 Å². The van der Waals surface area contributed by atoms with Crippen molar-refractivity contribution in [3.8, 4) is 0 Å². The standard InChI is InChI=1S/C28H42N2O5/c1-3-4-5-6-7-8-9-10-11-12-13-14-15-16-17-18-26(31)34-22-24-19-20-25(35-24)30-21-23(2)27(32)29-28(30)33/h7-8,10-11,19-21,24-25H,3-6,9,12-18,22H2,1-2H3,(H,29,32,33)/b8-7-,11-10-/t24-,25+/m0/s1. The summed E-state index contributed by atoms with van der Waals surface area (Å²) < 4.78 is 12.4. The number of nitrogens with zero attached hydrogens (tertiary/aromatic N) is 1. The molecule has 0 spiro atoms. The van der Waals surface area contributed by atoms with Gasteiger partial charge in [-0.25, -0.2) is 4.79 Å². The molecular weight excluding hydrogens is 444 g/mol. The summed E-state index contributed by atoms with van der Waals surface area (Å²) in [6.45, 7) is 3.97. The van der Waals surface area contributed by atoms with Crippen molar-refractivity contribution in [2.24, 2.45) is 0 Å². The molecule has 0 radical (unpaired) electrons. The fourth-order valence-corrected chi connectivity index (χ4v) is 3.85. The molecule has 1 aliphatic heterocycles. The Kier molecular flexibility index (Phi) is 13.8. The molecule has 1 aliphatic rings. The van der Waals surface area contributed by atoms with Crippen molar-refractivity contribution in [2.75, 3.05) is 6.61 Å². The van der Waals surface area contributed by atoms with Crippen LogP contribution in [0.15, 0.2) is 52.2 Å². The number of aryl methyl sites for hydroxylation is 1. The van der Waals surface area contributed by atoms with Crippen LogP contribution < -0.4 is 11.2 Å². The second-order valence-electron chi connectivity index (χ2n) is 9.09. The van der Waals surface area contributed by atoms with Crippen LogP contribution in [-0.2, 0) is 14.3 Å². The van der Waals surface area contributed by atoms with Crippen molar-refractivity contribution >= 4 is 5.97 Å². The number of aromatic nitrogens is 2. The van der Waals surface area contributed by atoms with Gasteiger partial charge in [-0.3, -0.25) is 19.1 Å². The van der Waals surface area contributed by atoms with E-state index in [2.05, 4.69) is 36.2 Å². The summed E-state index contributed by atoms with van der Waals surface area (Å²) in [5.74, 6) is -0.229. The molecule has 0 saturated carbocycles. The molecule has 0 fully saturated rings. The number of carbonyl (C=O) groups excluding carboxylic acids is 1. The van der Waals surface area contributed by atoms with Crippen LogP contribution in [-0.4, -0.2) is 28.2 Å². The molecule has 1 N–H and O–H groups in total. The van der Waals surface area contributed by atoms with E-state index in [4.69, 9.17) is 9.47 Å². The first-order valence-electron chi connectivity index (χ1n) is 13.1. The van der Waals surface area contributed by atoms with Gasteiger partial charge < -0.3 is 9.47 Å². The maximum atomic E-state index is 12.0. The lowest BCUT2D eigenvalue weighted by Crippen LogP contribution is -2.33. The van der Waals surface area contributed by atoms with Gasteiger partial charge in [0.15, 0.2) is 6.23 Å². The Hall–Kier alpha value is -2.67. The summed E-state index contributed by atoms with van der Waals surface area (Å²) in [7, 11) is 0. The average molecular weight is 487 g/mol. The molecule has 2 atom stereocenters. The zero-order valence-electron chi connectivity index (χ0n) is 21.4. The van der Waals surface area contributed by atoms with E-state index in [0.717, 1.165) is 32.1 Å². The van der Waals surface area contributed by atoms with E-state index in [1.165, 1.54) is 49.3 Å². The number of esters is 1. The van der Waals surface area contributed by atoms with Gasteiger partial charge in [-0.2, -0.15) is 0 Å². The summed E-state index contributed by atoms with van der Waals surface area (Å²) in [6, 6.07) is 0. The second kappa shape index (κ2) is 16.9. The maximum absolute atomic E-state index is 12.0. The van der Waals surface area contributed by atoms with Gasteiger partial charge in [0.2, 0.25) is 0 Å². The molecule has 2 heterocycles. The van der Waals surface area contributed by atoms with E-state index in [0.29, 0.717) is 12.0 Å². The molecule has 194 valence electrons. The Morgan fingerprint density at radius 2 is 1.69 bits per heavy atom. The van der Waals surface area contributed by atoms with Gasteiger partial charge in [0.1, 0.15) is 12.7 Å². The molecule has 7 heteroatoms. The van der Waals surface area contributed by atoms with Crippen molar-refractivity contribution in [2.45, 2.75) is 103 Å². The Morgan fingerprint density at radius 3 is 2.43 bits per heavy atom. The van der Waals surface area contributed by atoms with E-state index in [9.17, 15) is 14.4 Å². The highest BCUT2D eigenvalue weighted by Gasteiger charge is 2.23. The van der Waals surface area contributed by atoms with Crippen LogP contribution in [0.4, 0.5) is 0 Å². The quantitative estimate of drug-likeness (QED) is 0.174.